The quantitative estimate of drug-likeness (QED) is 0.0528. The lowest BCUT2D eigenvalue weighted by Gasteiger charge is -2.19. The molecule has 7 rings (SSSR count). The van der Waals surface area contributed by atoms with Crippen LogP contribution >= 0.6 is 46.2 Å². The molecule has 4 aromatic heterocycles. The van der Waals surface area contributed by atoms with Crippen LogP contribution in [0.5, 0.6) is 0 Å². The SMILES string of the molecule is CCCCCCn1c2ccccc2c(=O)c2c(SCCC(CCCC(CCC)c3cccs3)c3cccs3)cccc21.c1ccc2nsnc2c1. The van der Waals surface area contributed by atoms with E-state index in [0.717, 1.165) is 62.9 Å². The van der Waals surface area contributed by atoms with Gasteiger partial charge in [0.1, 0.15) is 11.0 Å². The molecule has 3 aromatic carbocycles. The van der Waals surface area contributed by atoms with E-state index in [-0.39, 0.29) is 5.43 Å². The molecule has 51 heavy (non-hydrogen) atoms. The topological polar surface area (TPSA) is 47.8 Å². The van der Waals surface area contributed by atoms with Crippen molar-refractivity contribution in [2.24, 2.45) is 0 Å². The van der Waals surface area contributed by atoms with Crippen LogP contribution in [0.25, 0.3) is 32.8 Å². The summed E-state index contributed by atoms with van der Waals surface area (Å²) in [6.45, 7) is 5.52. The molecule has 7 aromatic rings. The van der Waals surface area contributed by atoms with Gasteiger partial charge in [-0.3, -0.25) is 4.79 Å². The van der Waals surface area contributed by atoms with Gasteiger partial charge in [0.25, 0.3) is 0 Å². The fourth-order valence-electron chi connectivity index (χ4n) is 7.10. The van der Waals surface area contributed by atoms with Crippen molar-refractivity contribution in [1.82, 2.24) is 13.3 Å². The molecular weight excluding hydrogens is 703 g/mol. The number of fused-ring (bicyclic) bond motifs is 3. The molecule has 0 saturated carbocycles. The van der Waals surface area contributed by atoms with Crippen LogP contribution in [0.4, 0.5) is 0 Å². The molecular formula is C43H49N3OS4. The van der Waals surface area contributed by atoms with Gasteiger partial charge in [0.05, 0.1) is 28.1 Å². The zero-order valence-electron chi connectivity index (χ0n) is 29.8. The van der Waals surface area contributed by atoms with Crippen LogP contribution in [0.2, 0.25) is 0 Å². The van der Waals surface area contributed by atoms with Gasteiger partial charge in [-0.15, -0.1) is 34.4 Å². The van der Waals surface area contributed by atoms with E-state index in [9.17, 15) is 4.79 Å². The highest BCUT2D eigenvalue weighted by molar-refractivity contribution is 7.99. The van der Waals surface area contributed by atoms with E-state index in [4.69, 9.17) is 0 Å². The number of thioether (sulfide) groups is 1. The van der Waals surface area contributed by atoms with Crippen molar-refractivity contribution in [1.29, 1.82) is 0 Å². The predicted octanol–water partition coefficient (Wildman–Crippen LogP) is 13.6. The zero-order chi connectivity index (χ0) is 35.3. The lowest BCUT2D eigenvalue weighted by Crippen LogP contribution is -2.12. The molecule has 0 aliphatic heterocycles. The first-order chi connectivity index (χ1) is 25.2. The summed E-state index contributed by atoms with van der Waals surface area (Å²) < 4.78 is 10.5. The van der Waals surface area contributed by atoms with Crippen molar-refractivity contribution in [3.8, 4) is 0 Å². The van der Waals surface area contributed by atoms with Crippen molar-refractivity contribution < 1.29 is 0 Å². The summed E-state index contributed by atoms with van der Waals surface area (Å²) in [4.78, 5) is 18.1. The van der Waals surface area contributed by atoms with Gasteiger partial charge in [-0.25, -0.2) is 0 Å². The Bertz CT molecular complexity index is 2090. The Balaban J connectivity index is 0.000000428. The Morgan fingerprint density at radius 2 is 1.31 bits per heavy atom. The molecule has 266 valence electrons. The van der Waals surface area contributed by atoms with Gasteiger partial charge in [-0.05, 0) is 109 Å². The molecule has 0 fully saturated rings. The Labute approximate surface area is 319 Å². The number of para-hydroxylation sites is 1. The van der Waals surface area contributed by atoms with Gasteiger partial charge in [-0.2, -0.15) is 8.75 Å². The van der Waals surface area contributed by atoms with E-state index in [1.165, 1.54) is 68.0 Å². The largest absolute Gasteiger partial charge is 0.340 e. The third-order valence-electron chi connectivity index (χ3n) is 9.71. The molecule has 8 heteroatoms. The first-order valence-electron chi connectivity index (χ1n) is 18.6. The molecule has 4 heterocycles. The lowest BCUT2D eigenvalue weighted by atomic mass is 9.91. The van der Waals surface area contributed by atoms with Crippen molar-refractivity contribution in [2.75, 3.05) is 5.75 Å². The molecule has 0 amide bonds. The highest BCUT2D eigenvalue weighted by Gasteiger charge is 2.18. The number of aryl methyl sites for hydroxylation is 1. The highest BCUT2D eigenvalue weighted by Crippen LogP contribution is 2.37. The van der Waals surface area contributed by atoms with E-state index in [0.29, 0.717) is 11.8 Å². The molecule has 0 bridgehead atoms. The number of hydrogen-bond acceptors (Lipinski definition) is 7. The number of benzene rings is 3. The van der Waals surface area contributed by atoms with Gasteiger partial charge in [0, 0.05) is 26.6 Å². The monoisotopic (exact) mass is 751 g/mol. The van der Waals surface area contributed by atoms with Crippen LogP contribution in [-0.4, -0.2) is 19.1 Å². The van der Waals surface area contributed by atoms with Crippen molar-refractivity contribution in [3.05, 3.63) is 122 Å². The molecule has 2 atom stereocenters. The highest BCUT2D eigenvalue weighted by atomic mass is 32.2. The number of nitrogens with zero attached hydrogens (tertiary/aromatic N) is 3. The van der Waals surface area contributed by atoms with Crippen molar-refractivity contribution in [3.63, 3.8) is 0 Å². The van der Waals surface area contributed by atoms with Gasteiger partial charge in [0.15, 0.2) is 5.43 Å². The average Bonchev–Trinajstić information content (AvgIpc) is 3.98. The Hall–Kier alpha value is -3.30. The molecule has 0 N–H and O–H groups in total. The van der Waals surface area contributed by atoms with Crippen LogP contribution in [0.1, 0.15) is 99.6 Å². The summed E-state index contributed by atoms with van der Waals surface area (Å²) in [7, 11) is 0. The maximum atomic E-state index is 13.9. The fraction of sp³-hybridized carbons (Fsp3) is 0.372. The third kappa shape index (κ3) is 9.78. The summed E-state index contributed by atoms with van der Waals surface area (Å²) in [5.74, 6) is 2.30. The molecule has 0 aliphatic carbocycles. The number of pyridine rings is 1. The predicted molar refractivity (Wildman–Crippen MR) is 225 cm³/mol. The van der Waals surface area contributed by atoms with Gasteiger partial charge in [-0.1, -0.05) is 88.4 Å². The molecule has 0 aliphatic rings. The number of aromatic nitrogens is 3. The van der Waals surface area contributed by atoms with E-state index in [1.54, 1.807) is 4.88 Å². The van der Waals surface area contributed by atoms with Crippen LogP contribution < -0.4 is 5.43 Å². The summed E-state index contributed by atoms with van der Waals surface area (Å²) in [5.41, 5.74) is 4.31. The van der Waals surface area contributed by atoms with Crippen molar-refractivity contribution in [2.45, 2.75) is 101 Å². The Morgan fingerprint density at radius 3 is 1.98 bits per heavy atom. The van der Waals surface area contributed by atoms with Crippen molar-refractivity contribution >= 4 is 79.0 Å². The Kier molecular flexibility index (Phi) is 14.3. The van der Waals surface area contributed by atoms with Gasteiger partial charge < -0.3 is 4.57 Å². The van der Waals surface area contributed by atoms with Crippen LogP contribution in [0.3, 0.4) is 0 Å². The second-order valence-corrected chi connectivity index (χ2v) is 16.9. The first-order valence-corrected chi connectivity index (χ1v) is 22.1. The normalized spacial score (nSPS) is 12.7. The second kappa shape index (κ2) is 19.5. The maximum Gasteiger partial charge on any atom is 0.198 e. The number of rotatable bonds is 17. The minimum absolute atomic E-state index is 0.179. The molecule has 0 saturated heterocycles. The smallest absolute Gasteiger partial charge is 0.198 e. The van der Waals surface area contributed by atoms with Gasteiger partial charge in [0.2, 0.25) is 0 Å². The Morgan fingerprint density at radius 1 is 0.647 bits per heavy atom. The minimum Gasteiger partial charge on any atom is -0.340 e. The fourth-order valence-corrected chi connectivity index (χ4v) is 10.6. The third-order valence-corrected chi connectivity index (χ3v) is 13.4. The standard InChI is InChI=1S/C37H45NOS3.C6H4N2S/c1-3-5-6-9-24-38-31-18-8-7-17-30(31)37(39)36-32(38)19-11-20-35(36)42-27-23-29(34-22-13-26-41-34)16-10-15-28(14-4-2)33-21-12-25-40-33;1-2-4-6-5(3-1)7-9-8-6/h7-8,11-13,17-22,25-26,28-29H,3-6,9-10,14-16,23-24,27H2,1-2H3;1-4H. The number of unbranched alkanes of at least 4 members (excludes halogenated alkanes) is 3. The second-order valence-electron chi connectivity index (χ2n) is 13.2. The molecule has 0 radical (unpaired) electrons. The van der Waals surface area contributed by atoms with Gasteiger partial charge >= 0.3 is 0 Å². The van der Waals surface area contributed by atoms with E-state index in [2.05, 4.69) is 92.5 Å². The molecule has 2 unspecified atom stereocenters. The summed E-state index contributed by atoms with van der Waals surface area (Å²) in [5, 5.41) is 6.20. The lowest BCUT2D eigenvalue weighted by molar-refractivity contribution is 0.502. The summed E-state index contributed by atoms with van der Waals surface area (Å²) >= 11 is 6.95. The van der Waals surface area contributed by atoms with Crippen LogP contribution in [0, 0.1) is 0 Å². The zero-order valence-corrected chi connectivity index (χ0v) is 33.1. The van der Waals surface area contributed by atoms with E-state index in [1.807, 2.05) is 70.8 Å². The maximum absolute atomic E-state index is 13.9. The van der Waals surface area contributed by atoms with E-state index >= 15 is 0 Å². The molecule has 4 nitrogen and oxygen atoms in total. The van der Waals surface area contributed by atoms with E-state index < -0.39 is 0 Å². The first kappa shape index (κ1) is 37.5. The number of thiophene rings is 2. The minimum atomic E-state index is 0.179. The molecule has 0 spiro atoms. The van der Waals surface area contributed by atoms with Crippen LogP contribution in [0.15, 0.2) is 111 Å². The summed E-state index contributed by atoms with van der Waals surface area (Å²) in [6, 6.07) is 31.5. The summed E-state index contributed by atoms with van der Waals surface area (Å²) in [6.07, 6.45) is 12.3. The van der Waals surface area contributed by atoms with Crippen LogP contribution in [-0.2, 0) is 6.54 Å². The number of hydrogen-bond donors (Lipinski definition) is 0. The average molecular weight is 752 g/mol.